The van der Waals surface area contributed by atoms with Gasteiger partial charge in [-0.25, -0.2) is 0 Å². The van der Waals surface area contributed by atoms with Crippen LogP contribution < -0.4 is 5.32 Å². The number of nitrogens with zero attached hydrogens (tertiary/aromatic N) is 2. The molecule has 0 radical (unpaired) electrons. The van der Waals surface area contributed by atoms with Gasteiger partial charge in [-0.3, -0.25) is 0 Å². The van der Waals surface area contributed by atoms with Gasteiger partial charge >= 0.3 is 0 Å². The Bertz CT molecular complexity index is 292. The summed E-state index contributed by atoms with van der Waals surface area (Å²) in [6.45, 7) is 2.58. The topological polar surface area (TPSA) is 37.8 Å². The first-order valence-electron chi connectivity index (χ1n) is 3.77. The summed E-state index contributed by atoms with van der Waals surface area (Å²) in [7, 11) is 1.86. The molecule has 0 saturated carbocycles. The van der Waals surface area contributed by atoms with Crippen molar-refractivity contribution in [3.8, 4) is 11.8 Å². The van der Waals surface area contributed by atoms with Gasteiger partial charge in [-0.2, -0.15) is 5.10 Å². The molecular formula is C9H11N3. The van der Waals surface area contributed by atoms with Gasteiger partial charge in [0.25, 0.3) is 0 Å². The Morgan fingerprint density at radius 1 is 1.42 bits per heavy atom. The number of nitrogens with one attached hydrogen (secondary N) is 1. The predicted octanol–water partition coefficient (Wildman–Crippen LogP) is 0.356. The number of rotatable bonds is 1. The molecule has 3 nitrogen and oxygen atoms in total. The Morgan fingerprint density at radius 2 is 2.25 bits per heavy atom. The van der Waals surface area contributed by atoms with Crippen LogP contribution in [-0.2, 0) is 0 Å². The highest BCUT2D eigenvalue weighted by Crippen LogP contribution is 1.91. The van der Waals surface area contributed by atoms with E-state index in [4.69, 9.17) is 0 Å². The molecule has 0 amide bonds. The highest BCUT2D eigenvalue weighted by atomic mass is 15.1. The zero-order chi connectivity index (χ0) is 8.81. The smallest absolute Gasteiger partial charge is 0.135 e. The van der Waals surface area contributed by atoms with Crippen LogP contribution in [0, 0.1) is 18.8 Å². The summed E-state index contributed by atoms with van der Waals surface area (Å²) in [6.07, 6.45) is 0. The number of aromatic nitrogens is 2. The highest BCUT2D eigenvalue weighted by Gasteiger charge is 1.87. The van der Waals surface area contributed by atoms with E-state index in [2.05, 4.69) is 27.4 Å². The van der Waals surface area contributed by atoms with Crippen molar-refractivity contribution in [1.82, 2.24) is 15.5 Å². The van der Waals surface area contributed by atoms with Crippen LogP contribution in [0.25, 0.3) is 0 Å². The molecule has 0 aliphatic heterocycles. The van der Waals surface area contributed by atoms with E-state index in [1.807, 2.05) is 26.1 Å². The molecule has 0 fully saturated rings. The molecule has 62 valence electrons. The molecule has 0 saturated heterocycles. The van der Waals surface area contributed by atoms with Crippen molar-refractivity contribution in [2.24, 2.45) is 0 Å². The Kier molecular flexibility index (Phi) is 3.24. The third-order valence-electron chi connectivity index (χ3n) is 1.28. The van der Waals surface area contributed by atoms with Crippen molar-refractivity contribution < 1.29 is 0 Å². The molecule has 1 aromatic rings. The maximum atomic E-state index is 3.90. The van der Waals surface area contributed by atoms with Gasteiger partial charge in [0.05, 0.1) is 12.2 Å². The van der Waals surface area contributed by atoms with E-state index in [0.717, 1.165) is 11.4 Å². The van der Waals surface area contributed by atoms with E-state index in [-0.39, 0.29) is 0 Å². The van der Waals surface area contributed by atoms with Gasteiger partial charge in [0.15, 0.2) is 0 Å². The number of hydrogen-bond acceptors (Lipinski definition) is 3. The van der Waals surface area contributed by atoms with Crippen molar-refractivity contribution in [3.05, 3.63) is 23.5 Å². The maximum Gasteiger partial charge on any atom is 0.135 e. The first kappa shape index (κ1) is 8.69. The molecule has 0 aliphatic carbocycles. The summed E-state index contributed by atoms with van der Waals surface area (Å²) in [5.74, 6) is 5.79. The minimum Gasteiger partial charge on any atom is -0.309 e. The fraction of sp³-hybridized carbons (Fsp3) is 0.333. The van der Waals surface area contributed by atoms with E-state index in [1.54, 1.807) is 0 Å². The van der Waals surface area contributed by atoms with Crippen molar-refractivity contribution in [3.63, 3.8) is 0 Å². The number of hydrogen-bond donors (Lipinski definition) is 1. The monoisotopic (exact) mass is 161 g/mol. The zero-order valence-electron chi connectivity index (χ0n) is 7.26. The van der Waals surface area contributed by atoms with E-state index in [9.17, 15) is 0 Å². The second kappa shape index (κ2) is 4.47. The molecule has 1 N–H and O–H groups in total. The standard InChI is InChI=1S/C9H11N3/c1-8-5-6-9(12-11-8)4-3-7-10-2/h5-6,10H,7H2,1-2H3. The first-order chi connectivity index (χ1) is 5.83. The molecular weight excluding hydrogens is 150 g/mol. The lowest BCUT2D eigenvalue weighted by Crippen LogP contribution is -2.04. The molecule has 3 heteroatoms. The van der Waals surface area contributed by atoms with Gasteiger partial charge in [0.1, 0.15) is 5.69 Å². The molecule has 0 unspecified atom stereocenters. The van der Waals surface area contributed by atoms with E-state index in [0.29, 0.717) is 6.54 Å². The van der Waals surface area contributed by atoms with Gasteiger partial charge < -0.3 is 5.32 Å². The average Bonchev–Trinajstić information content (AvgIpc) is 2.09. The van der Waals surface area contributed by atoms with Gasteiger partial charge in [0, 0.05) is 0 Å². The van der Waals surface area contributed by atoms with Crippen LogP contribution in [0.5, 0.6) is 0 Å². The van der Waals surface area contributed by atoms with Crippen molar-refractivity contribution >= 4 is 0 Å². The second-order valence-corrected chi connectivity index (χ2v) is 2.39. The summed E-state index contributed by atoms with van der Waals surface area (Å²) in [5, 5.41) is 10.7. The van der Waals surface area contributed by atoms with E-state index < -0.39 is 0 Å². The summed E-state index contributed by atoms with van der Waals surface area (Å²) in [4.78, 5) is 0. The Hall–Kier alpha value is -1.40. The summed E-state index contributed by atoms with van der Waals surface area (Å²) >= 11 is 0. The normalized spacial score (nSPS) is 8.83. The third kappa shape index (κ3) is 2.69. The summed E-state index contributed by atoms with van der Waals surface area (Å²) in [6, 6.07) is 3.77. The lowest BCUT2D eigenvalue weighted by molar-refractivity contribution is 0.935. The molecule has 12 heavy (non-hydrogen) atoms. The lowest BCUT2D eigenvalue weighted by atomic mass is 10.3. The summed E-state index contributed by atoms with van der Waals surface area (Å²) in [5.41, 5.74) is 1.63. The molecule has 0 aliphatic rings. The van der Waals surface area contributed by atoms with Crippen molar-refractivity contribution in [2.45, 2.75) is 6.92 Å². The molecule has 0 aromatic carbocycles. The summed E-state index contributed by atoms with van der Waals surface area (Å²) < 4.78 is 0. The van der Waals surface area contributed by atoms with Crippen LogP contribution in [0.1, 0.15) is 11.4 Å². The quantitative estimate of drug-likeness (QED) is 0.604. The average molecular weight is 161 g/mol. The minimum absolute atomic E-state index is 0.676. The van der Waals surface area contributed by atoms with Crippen LogP contribution in [0.3, 0.4) is 0 Å². The van der Waals surface area contributed by atoms with Crippen LogP contribution >= 0.6 is 0 Å². The Labute approximate surface area is 72.2 Å². The van der Waals surface area contributed by atoms with Crippen LogP contribution in [0.15, 0.2) is 12.1 Å². The molecule has 1 aromatic heterocycles. The van der Waals surface area contributed by atoms with Gasteiger partial charge in [-0.05, 0) is 32.0 Å². The van der Waals surface area contributed by atoms with Crippen LogP contribution in [0.4, 0.5) is 0 Å². The van der Waals surface area contributed by atoms with E-state index in [1.165, 1.54) is 0 Å². The molecule has 0 bridgehead atoms. The highest BCUT2D eigenvalue weighted by molar-refractivity contribution is 5.26. The largest absolute Gasteiger partial charge is 0.309 e. The lowest BCUT2D eigenvalue weighted by Gasteiger charge is -1.89. The van der Waals surface area contributed by atoms with Gasteiger partial charge in [0.2, 0.25) is 0 Å². The maximum absolute atomic E-state index is 3.90. The van der Waals surface area contributed by atoms with Gasteiger partial charge in [-0.1, -0.05) is 5.92 Å². The van der Waals surface area contributed by atoms with Crippen LogP contribution in [0.2, 0.25) is 0 Å². The molecule has 1 heterocycles. The van der Waals surface area contributed by atoms with Gasteiger partial charge in [-0.15, -0.1) is 5.10 Å². The third-order valence-corrected chi connectivity index (χ3v) is 1.28. The minimum atomic E-state index is 0.676. The zero-order valence-corrected chi connectivity index (χ0v) is 7.26. The molecule has 0 atom stereocenters. The molecule has 0 spiro atoms. The fourth-order valence-corrected chi connectivity index (χ4v) is 0.689. The second-order valence-electron chi connectivity index (χ2n) is 2.39. The Morgan fingerprint density at radius 3 is 2.83 bits per heavy atom. The number of aryl methyl sites for hydroxylation is 1. The SMILES string of the molecule is CNCC#Cc1ccc(C)nn1. The van der Waals surface area contributed by atoms with Crippen molar-refractivity contribution in [1.29, 1.82) is 0 Å². The Balaban J connectivity index is 2.66. The fourth-order valence-electron chi connectivity index (χ4n) is 0.689. The predicted molar refractivity (Wildman–Crippen MR) is 47.6 cm³/mol. The van der Waals surface area contributed by atoms with Crippen LogP contribution in [-0.4, -0.2) is 23.8 Å². The molecule has 1 rings (SSSR count). The first-order valence-corrected chi connectivity index (χ1v) is 3.77. The van der Waals surface area contributed by atoms with E-state index >= 15 is 0 Å². The van der Waals surface area contributed by atoms with Crippen molar-refractivity contribution in [2.75, 3.05) is 13.6 Å².